The zero-order chi connectivity index (χ0) is 14.2. The van der Waals surface area contributed by atoms with Crippen LogP contribution < -0.4 is 15.4 Å². The highest BCUT2D eigenvalue weighted by molar-refractivity contribution is 5.85. The molecule has 0 atom stereocenters. The largest absolute Gasteiger partial charge is 0.496 e. The highest BCUT2D eigenvalue weighted by Gasteiger charge is 2.13. The second-order valence-corrected chi connectivity index (χ2v) is 4.94. The Morgan fingerprint density at radius 2 is 1.95 bits per heavy atom. The van der Waals surface area contributed by atoms with Gasteiger partial charge in [0.2, 0.25) is 5.91 Å². The first-order chi connectivity index (χ1) is 9.79. The molecule has 0 aromatic heterocycles. The van der Waals surface area contributed by atoms with Crippen LogP contribution in [0.3, 0.4) is 0 Å². The van der Waals surface area contributed by atoms with Gasteiger partial charge in [0.05, 0.1) is 13.7 Å². The van der Waals surface area contributed by atoms with Crippen LogP contribution in [0.25, 0.3) is 0 Å². The summed E-state index contributed by atoms with van der Waals surface area (Å²) in [4.78, 5) is 14.0. The highest BCUT2D eigenvalue weighted by atomic mass is 35.5. The summed E-state index contributed by atoms with van der Waals surface area (Å²) >= 11 is 0. The number of para-hydroxylation sites is 1. The van der Waals surface area contributed by atoms with Crippen LogP contribution in [0.1, 0.15) is 5.56 Å². The van der Waals surface area contributed by atoms with E-state index in [2.05, 4.69) is 15.5 Å². The third kappa shape index (κ3) is 6.83. The fraction of sp³-hybridized carbons (Fsp3) is 0.533. The molecule has 1 fully saturated rings. The van der Waals surface area contributed by atoms with Gasteiger partial charge in [-0.15, -0.1) is 24.8 Å². The maximum absolute atomic E-state index is 11.9. The van der Waals surface area contributed by atoms with Crippen LogP contribution in [0.2, 0.25) is 0 Å². The van der Waals surface area contributed by atoms with E-state index >= 15 is 0 Å². The van der Waals surface area contributed by atoms with Crippen LogP contribution in [0.5, 0.6) is 5.75 Å². The van der Waals surface area contributed by atoms with Gasteiger partial charge in [-0.25, -0.2) is 0 Å². The fourth-order valence-electron chi connectivity index (χ4n) is 2.37. The Morgan fingerprint density at radius 3 is 2.64 bits per heavy atom. The predicted molar refractivity (Wildman–Crippen MR) is 93.5 cm³/mol. The van der Waals surface area contributed by atoms with Gasteiger partial charge in [0.1, 0.15) is 5.75 Å². The highest BCUT2D eigenvalue weighted by Crippen LogP contribution is 2.17. The summed E-state index contributed by atoms with van der Waals surface area (Å²) in [5, 5.41) is 6.25. The second kappa shape index (κ2) is 11.5. The molecule has 1 amide bonds. The number of hydrogen-bond acceptors (Lipinski definition) is 4. The van der Waals surface area contributed by atoms with E-state index in [0.717, 1.165) is 43.9 Å². The number of amides is 1. The van der Waals surface area contributed by atoms with Crippen molar-refractivity contribution >= 4 is 30.7 Å². The van der Waals surface area contributed by atoms with E-state index < -0.39 is 0 Å². The van der Waals surface area contributed by atoms with E-state index in [1.807, 2.05) is 24.3 Å². The van der Waals surface area contributed by atoms with Gasteiger partial charge in [-0.3, -0.25) is 9.69 Å². The van der Waals surface area contributed by atoms with Gasteiger partial charge < -0.3 is 15.4 Å². The molecule has 0 saturated carbocycles. The smallest absolute Gasteiger partial charge is 0.234 e. The standard InChI is InChI=1S/C15H23N3O2.2ClH/c1-20-14-5-3-2-4-13(14)6-7-17-15(19)12-18-10-8-16-9-11-18;;/h2-5,16H,6-12H2,1H3,(H,17,19);2*1H. The van der Waals surface area contributed by atoms with E-state index in [1.54, 1.807) is 7.11 Å². The minimum Gasteiger partial charge on any atom is -0.496 e. The molecule has 2 rings (SSSR count). The lowest BCUT2D eigenvalue weighted by Crippen LogP contribution is -2.47. The molecule has 22 heavy (non-hydrogen) atoms. The molecule has 1 heterocycles. The Balaban J connectivity index is 0.00000220. The van der Waals surface area contributed by atoms with Crippen LogP contribution in [-0.4, -0.2) is 57.2 Å². The minimum absolute atomic E-state index is 0. The Hall–Kier alpha value is -1.01. The number of ether oxygens (including phenoxy) is 1. The molecule has 1 saturated heterocycles. The van der Waals surface area contributed by atoms with Crippen molar-refractivity contribution < 1.29 is 9.53 Å². The third-order valence-corrected chi connectivity index (χ3v) is 3.49. The third-order valence-electron chi connectivity index (χ3n) is 3.49. The minimum atomic E-state index is 0. The van der Waals surface area contributed by atoms with Crippen LogP contribution in [0.4, 0.5) is 0 Å². The molecule has 1 aromatic rings. The fourth-order valence-corrected chi connectivity index (χ4v) is 2.37. The summed E-state index contributed by atoms with van der Waals surface area (Å²) in [6.07, 6.45) is 0.789. The molecule has 0 radical (unpaired) electrons. The molecule has 0 aliphatic carbocycles. The van der Waals surface area contributed by atoms with Gasteiger partial charge in [0, 0.05) is 32.7 Å². The van der Waals surface area contributed by atoms with Crippen molar-refractivity contribution in [1.29, 1.82) is 0 Å². The van der Waals surface area contributed by atoms with Gasteiger partial charge in [-0.1, -0.05) is 18.2 Å². The SMILES string of the molecule is COc1ccccc1CCNC(=O)CN1CCNCC1.Cl.Cl. The van der Waals surface area contributed by atoms with E-state index in [0.29, 0.717) is 13.1 Å². The number of carbonyl (C=O) groups excluding carboxylic acids is 1. The van der Waals surface area contributed by atoms with Gasteiger partial charge in [-0.05, 0) is 18.1 Å². The molecule has 7 heteroatoms. The molecule has 5 nitrogen and oxygen atoms in total. The molecule has 1 aliphatic heterocycles. The van der Waals surface area contributed by atoms with Crippen LogP contribution in [0.15, 0.2) is 24.3 Å². The van der Waals surface area contributed by atoms with Crippen molar-refractivity contribution in [2.45, 2.75) is 6.42 Å². The van der Waals surface area contributed by atoms with Gasteiger partial charge in [0.25, 0.3) is 0 Å². The quantitative estimate of drug-likeness (QED) is 0.807. The van der Waals surface area contributed by atoms with Gasteiger partial charge in [0.15, 0.2) is 0 Å². The maximum atomic E-state index is 11.9. The number of carbonyl (C=O) groups is 1. The average Bonchev–Trinajstić information content (AvgIpc) is 2.49. The number of nitrogens with one attached hydrogen (secondary N) is 2. The Morgan fingerprint density at radius 1 is 1.27 bits per heavy atom. The van der Waals surface area contributed by atoms with Crippen molar-refractivity contribution in [2.24, 2.45) is 0 Å². The predicted octanol–water partition coefficient (Wildman–Crippen LogP) is 1.10. The Kier molecular flexibility index (Phi) is 11.0. The first-order valence-electron chi connectivity index (χ1n) is 7.11. The first-order valence-corrected chi connectivity index (χ1v) is 7.11. The number of piperazine rings is 1. The molecular formula is C15H25Cl2N3O2. The van der Waals surface area contributed by atoms with E-state index in [9.17, 15) is 4.79 Å². The lowest BCUT2D eigenvalue weighted by molar-refractivity contribution is -0.122. The summed E-state index contributed by atoms with van der Waals surface area (Å²) < 4.78 is 5.30. The number of nitrogens with zero attached hydrogens (tertiary/aromatic N) is 1. The number of benzene rings is 1. The molecule has 0 spiro atoms. The van der Waals surface area contributed by atoms with Crippen molar-refractivity contribution in [3.8, 4) is 5.75 Å². The Bertz CT molecular complexity index is 441. The first kappa shape index (κ1) is 21.0. The lowest BCUT2D eigenvalue weighted by atomic mass is 10.1. The van der Waals surface area contributed by atoms with Crippen LogP contribution in [-0.2, 0) is 11.2 Å². The van der Waals surface area contributed by atoms with Gasteiger partial charge in [-0.2, -0.15) is 0 Å². The summed E-state index contributed by atoms with van der Waals surface area (Å²) in [5.41, 5.74) is 1.12. The Labute approximate surface area is 144 Å². The molecule has 126 valence electrons. The summed E-state index contributed by atoms with van der Waals surface area (Å²) in [5.74, 6) is 0.977. The molecule has 1 aromatic carbocycles. The van der Waals surface area contributed by atoms with Crippen molar-refractivity contribution in [3.63, 3.8) is 0 Å². The van der Waals surface area contributed by atoms with Crippen molar-refractivity contribution in [3.05, 3.63) is 29.8 Å². The van der Waals surface area contributed by atoms with E-state index in [-0.39, 0.29) is 30.7 Å². The number of methoxy groups -OCH3 is 1. The molecule has 2 N–H and O–H groups in total. The maximum Gasteiger partial charge on any atom is 0.234 e. The van der Waals surface area contributed by atoms with Gasteiger partial charge >= 0.3 is 0 Å². The van der Waals surface area contributed by atoms with Crippen LogP contribution in [0, 0.1) is 0 Å². The normalized spacial score (nSPS) is 14.4. The van der Waals surface area contributed by atoms with Crippen molar-refractivity contribution in [2.75, 3.05) is 46.4 Å². The summed E-state index contributed by atoms with van der Waals surface area (Å²) in [7, 11) is 1.67. The summed E-state index contributed by atoms with van der Waals surface area (Å²) in [6.45, 7) is 4.96. The lowest BCUT2D eigenvalue weighted by Gasteiger charge is -2.26. The number of hydrogen-bond donors (Lipinski definition) is 2. The number of rotatable bonds is 6. The zero-order valence-electron chi connectivity index (χ0n) is 12.8. The van der Waals surface area contributed by atoms with Crippen LogP contribution >= 0.6 is 24.8 Å². The molecule has 1 aliphatic rings. The van der Waals surface area contributed by atoms with E-state index in [1.165, 1.54) is 0 Å². The summed E-state index contributed by atoms with van der Waals surface area (Å²) in [6, 6.07) is 7.91. The van der Waals surface area contributed by atoms with E-state index in [4.69, 9.17) is 4.74 Å². The number of halogens is 2. The monoisotopic (exact) mass is 349 g/mol. The molecule has 0 unspecified atom stereocenters. The zero-order valence-corrected chi connectivity index (χ0v) is 14.5. The molecule has 0 bridgehead atoms. The average molecular weight is 350 g/mol. The van der Waals surface area contributed by atoms with Crippen molar-refractivity contribution in [1.82, 2.24) is 15.5 Å². The topological polar surface area (TPSA) is 53.6 Å². The molecular weight excluding hydrogens is 325 g/mol. The second-order valence-electron chi connectivity index (χ2n) is 4.94.